The van der Waals surface area contributed by atoms with Gasteiger partial charge < -0.3 is 5.11 Å². The van der Waals surface area contributed by atoms with Crippen LogP contribution in [0.25, 0.3) is 0 Å². The highest BCUT2D eigenvalue weighted by atomic mass is 32.2. The summed E-state index contributed by atoms with van der Waals surface area (Å²) >= 11 is 0. The van der Waals surface area contributed by atoms with Crippen LogP contribution in [0, 0.1) is 11.2 Å². The Labute approximate surface area is 106 Å². The Balaban J connectivity index is 2.22. The monoisotopic (exact) mass is 273 g/mol. The van der Waals surface area contributed by atoms with Crippen LogP contribution < -0.4 is 4.72 Å². The first-order chi connectivity index (χ1) is 8.36. The van der Waals surface area contributed by atoms with Crippen LogP contribution in [0.5, 0.6) is 0 Å². The van der Waals surface area contributed by atoms with Gasteiger partial charge in [-0.3, -0.25) is 0 Å². The topological polar surface area (TPSA) is 66.4 Å². The fourth-order valence-electron chi connectivity index (χ4n) is 1.59. The van der Waals surface area contributed by atoms with Crippen LogP contribution in [-0.2, 0) is 16.6 Å². The van der Waals surface area contributed by atoms with E-state index in [2.05, 4.69) is 4.72 Å². The Bertz CT molecular complexity index is 552. The second kappa shape index (κ2) is 4.60. The normalized spacial score (nSPS) is 17.7. The van der Waals surface area contributed by atoms with E-state index in [0.29, 0.717) is 12.1 Å². The minimum Gasteiger partial charge on any atom is -0.392 e. The third-order valence-corrected chi connectivity index (χ3v) is 4.68. The summed E-state index contributed by atoms with van der Waals surface area (Å²) in [4.78, 5) is -0.404. The fourth-order valence-corrected chi connectivity index (χ4v) is 2.91. The van der Waals surface area contributed by atoms with E-state index in [4.69, 9.17) is 5.11 Å². The minimum absolute atomic E-state index is 0.0120. The van der Waals surface area contributed by atoms with E-state index in [1.165, 1.54) is 6.07 Å². The van der Waals surface area contributed by atoms with Gasteiger partial charge in [-0.2, -0.15) is 0 Å². The van der Waals surface area contributed by atoms with Crippen LogP contribution in [0.2, 0.25) is 0 Å². The lowest BCUT2D eigenvalue weighted by Crippen LogP contribution is -2.29. The predicted molar refractivity (Wildman–Crippen MR) is 64.9 cm³/mol. The third-order valence-electron chi connectivity index (χ3n) is 3.26. The van der Waals surface area contributed by atoms with Gasteiger partial charge in [0.15, 0.2) is 0 Å². The molecule has 4 nitrogen and oxygen atoms in total. The SMILES string of the molecule is CC1(CNS(=O)(=O)c2cc(CO)ccc2F)CC1. The van der Waals surface area contributed by atoms with Crippen LogP contribution in [0.4, 0.5) is 4.39 Å². The van der Waals surface area contributed by atoms with Gasteiger partial charge in [-0.1, -0.05) is 13.0 Å². The summed E-state index contributed by atoms with van der Waals surface area (Å²) in [6.45, 7) is 1.98. The molecular weight excluding hydrogens is 257 g/mol. The van der Waals surface area contributed by atoms with E-state index in [0.717, 1.165) is 25.0 Å². The van der Waals surface area contributed by atoms with Crippen molar-refractivity contribution < 1.29 is 17.9 Å². The average molecular weight is 273 g/mol. The molecule has 100 valence electrons. The molecule has 18 heavy (non-hydrogen) atoms. The van der Waals surface area contributed by atoms with Crippen molar-refractivity contribution in [3.8, 4) is 0 Å². The smallest absolute Gasteiger partial charge is 0.243 e. The Morgan fingerprint density at radius 1 is 1.44 bits per heavy atom. The second-order valence-electron chi connectivity index (χ2n) is 5.06. The molecule has 1 fully saturated rings. The third kappa shape index (κ3) is 2.88. The highest BCUT2D eigenvalue weighted by molar-refractivity contribution is 7.89. The molecule has 0 saturated heterocycles. The molecule has 0 spiro atoms. The zero-order valence-corrected chi connectivity index (χ0v) is 10.9. The van der Waals surface area contributed by atoms with E-state index >= 15 is 0 Å². The number of rotatable bonds is 5. The maximum Gasteiger partial charge on any atom is 0.243 e. The Hall–Kier alpha value is -0.980. The van der Waals surface area contributed by atoms with Crippen LogP contribution in [0.15, 0.2) is 23.1 Å². The standard InChI is InChI=1S/C12H16FNO3S/c1-12(4-5-12)8-14-18(16,17)11-6-9(7-15)2-3-10(11)13/h2-3,6,14-15H,4-5,7-8H2,1H3. The van der Waals surface area contributed by atoms with Crippen LogP contribution in [0.1, 0.15) is 25.3 Å². The molecule has 0 bridgehead atoms. The van der Waals surface area contributed by atoms with Crippen LogP contribution in [0.3, 0.4) is 0 Å². The Kier molecular flexibility index (Phi) is 3.44. The van der Waals surface area contributed by atoms with Gasteiger partial charge in [-0.25, -0.2) is 17.5 Å². The van der Waals surface area contributed by atoms with E-state index in [9.17, 15) is 12.8 Å². The van der Waals surface area contributed by atoms with Crippen molar-refractivity contribution in [2.24, 2.45) is 5.41 Å². The van der Waals surface area contributed by atoms with Gasteiger partial charge in [-0.05, 0) is 36.0 Å². The summed E-state index contributed by atoms with van der Waals surface area (Å²) in [5.74, 6) is -0.805. The summed E-state index contributed by atoms with van der Waals surface area (Å²) in [5.41, 5.74) is 0.382. The summed E-state index contributed by atoms with van der Waals surface area (Å²) in [6, 6.07) is 3.57. The zero-order chi connectivity index (χ0) is 13.4. The quantitative estimate of drug-likeness (QED) is 0.852. The second-order valence-corrected chi connectivity index (χ2v) is 6.79. The van der Waals surface area contributed by atoms with Gasteiger partial charge in [-0.15, -0.1) is 0 Å². The molecule has 1 aromatic rings. The van der Waals surface area contributed by atoms with E-state index < -0.39 is 20.7 Å². The zero-order valence-electron chi connectivity index (χ0n) is 10.1. The number of aliphatic hydroxyl groups excluding tert-OH is 1. The van der Waals surface area contributed by atoms with Crippen LogP contribution >= 0.6 is 0 Å². The number of hydrogen-bond acceptors (Lipinski definition) is 3. The first-order valence-electron chi connectivity index (χ1n) is 5.75. The average Bonchev–Trinajstić information content (AvgIpc) is 3.06. The maximum atomic E-state index is 13.5. The molecule has 1 aromatic carbocycles. The number of aliphatic hydroxyl groups is 1. The molecule has 1 aliphatic rings. The summed E-state index contributed by atoms with van der Waals surface area (Å²) < 4.78 is 39.9. The highest BCUT2D eigenvalue weighted by Gasteiger charge is 2.38. The first kappa shape index (κ1) is 13.5. The van der Waals surface area contributed by atoms with Gasteiger partial charge in [0, 0.05) is 6.54 Å². The molecular formula is C12H16FNO3S. The predicted octanol–water partition coefficient (Wildman–Crippen LogP) is 1.40. The molecule has 0 atom stereocenters. The van der Waals surface area contributed by atoms with Gasteiger partial charge >= 0.3 is 0 Å². The van der Waals surface area contributed by atoms with Crippen LogP contribution in [-0.4, -0.2) is 20.1 Å². The van der Waals surface area contributed by atoms with Gasteiger partial charge in [0.2, 0.25) is 10.0 Å². The van der Waals surface area contributed by atoms with Crippen molar-refractivity contribution in [1.82, 2.24) is 4.72 Å². The summed E-state index contributed by atoms with van der Waals surface area (Å²) in [7, 11) is -3.85. The molecule has 2 N–H and O–H groups in total. The molecule has 0 amide bonds. The molecule has 0 radical (unpaired) electrons. The number of sulfonamides is 1. The molecule has 2 rings (SSSR count). The molecule has 6 heteroatoms. The maximum absolute atomic E-state index is 13.5. The molecule has 1 saturated carbocycles. The lowest BCUT2D eigenvalue weighted by molar-refractivity contribution is 0.281. The molecule has 0 unspecified atom stereocenters. The molecule has 0 heterocycles. The molecule has 1 aliphatic carbocycles. The van der Waals surface area contributed by atoms with Crippen molar-refractivity contribution >= 4 is 10.0 Å². The van der Waals surface area contributed by atoms with Gasteiger partial charge in [0.05, 0.1) is 6.61 Å². The van der Waals surface area contributed by atoms with Crippen molar-refractivity contribution in [2.75, 3.05) is 6.54 Å². The number of nitrogens with one attached hydrogen (secondary N) is 1. The van der Waals surface area contributed by atoms with E-state index in [1.54, 1.807) is 0 Å². The number of halogens is 1. The lowest BCUT2D eigenvalue weighted by Gasteiger charge is -2.12. The number of benzene rings is 1. The summed E-state index contributed by atoms with van der Waals surface area (Å²) in [5, 5.41) is 8.95. The minimum atomic E-state index is -3.85. The van der Waals surface area contributed by atoms with Crippen molar-refractivity contribution in [3.63, 3.8) is 0 Å². The van der Waals surface area contributed by atoms with E-state index in [-0.39, 0.29) is 12.0 Å². The van der Waals surface area contributed by atoms with Crippen molar-refractivity contribution in [2.45, 2.75) is 31.3 Å². The van der Waals surface area contributed by atoms with Crippen molar-refractivity contribution in [1.29, 1.82) is 0 Å². The van der Waals surface area contributed by atoms with E-state index in [1.807, 2.05) is 6.92 Å². The molecule has 0 aromatic heterocycles. The molecule has 0 aliphatic heterocycles. The Morgan fingerprint density at radius 3 is 2.67 bits per heavy atom. The number of hydrogen-bond donors (Lipinski definition) is 2. The van der Waals surface area contributed by atoms with Gasteiger partial charge in [0.25, 0.3) is 0 Å². The van der Waals surface area contributed by atoms with Gasteiger partial charge in [0.1, 0.15) is 10.7 Å². The highest BCUT2D eigenvalue weighted by Crippen LogP contribution is 2.44. The summed E-state index contributed by atoms with van der Waals surface area (Å²) in [6.07, 6.45) is 1.96. The largest absolute Gasteiger partial charge is 0.392 e. The fraction of sp³-hybridized carbons (Fsp3) is 0.500. The Morgan fingerprint density at radius 2 is 2.11 bits per heavy atom. The lowest BCUT2D eigenvalue weighted by atomic mass is 10.2. The van der Waals surface area contributed by atoms with Crippen molar-refractivity contribution in [3.05, 3.63) is 29.6 Å². The first-order valence-corrected chi connectivity index (χ1v) is 7.24.